The summed E-state index contributed by atoms with van der Waals surface area (Å²) in [4.78, 5) is 17.7. The normalized spacial score (nSPS) is 11.3. The van der Waals surface area contributed by atoms with Crippen LogP contribution in [0.4, 0.5) is 0 Å². The van der Waals surface area contributed by atoms with Crippen molar-refractivity contribution in [1.82, 2.24) is 9.55 Å². The lowest BCUT2D eigenvalue weighted by Crippen LogP contribution is -2.03. The number of nitrogens with zero attached hydrogens (tertiary/aromatic N) is 2. The zero-order valence-corrected chi connectivity index (χ0v) is 29.3. The summed E-state index contributed by atoms with van der Waals surface area (Å²) in [6, 6.07) is 44.3. The maximum absolute atomic E-state index is 12.2. The van der Waals surface area contributed by atoms with Crippen molar-refractivity contribution in [3.05, 3.63) is 149 Å². The molecule has 0 saturated heterocycles. The first-order chi connectivity index (χ1) is 24.9. The first-order valence-corrected chi connectivity index (χ1v) is 17.5. The summed E-state index contributed by atoms with van der Waals surface area (Å²) in [5.74, 6) is 0.573. The Balaban J connectivity index is 1.31. The molecule has 0 radical (unpaired) electrons. The van der Waals surface area contributed by atoms with Gasteiger partial charge < -0.3 is 19.1 Å². The lowest BCUT2D eigenvalue weighted by atomic mass is 9.96. The van der Waals surface area contributed by atoms with Crippen LogP contribution in [0.25, 0.3) is 65.9 Å². The smallest absolute Gasteiger partial charge is 0.345 e. The summed E-state index contributed by atoms with van der Waals surface area (Å²) in [6.45, 7) is 0.518. The van der Waals surface area contributed by atoms with Crippen molar-refractivity contribution in [2.45, 2.75) is 6.54 Å². The quantitative estimate of drug-likeness (QED) is 0.162. The third-order valence-corrected chi connectivity index (χ3v) is 10.5. The van der Waals surface area contributed by atoms with Crippen LogP contribution in [0.3, 0.4) is 0 Å². The Morgan fingerprint density at radius 1 is 0.745 bits per heavy atom. The number of methoxy groups -OCH3 is 2. The van der Waals surface area contributed by atoms with Crippen LogP contribution in [0.2, 0.25) is 5.02 Å². The third kappa shape index (κ3) is 6.11. The van der Waals surface area contributed by atoms with Gasteiger partial charge in [0, 0.05) is 28.1 Å². The Morgan fingerprint density at radius 3 is 2.27 bits per heavy atom. The highest BCUT2D eigenvalue weighted by atomic mass is 35.5. The molecule has 8 heteroatoms. The zero-order valence-electron chi connectivity index (χ0n) is 27.8. The van der Waals surface area contributed by atoms with Gasteiger partial charge in [-0.3, -0.25) is 0 Å². The van der Waals surface area contributed by atoms with Gasteiger partial charge in [-0.1, -0.05) is 84.4 Å². The fraction of sp³-hybridized carbons (Fsp3) is 0.0698. The molecule has 0 saturated carbocycles. The predicted octanol–water partition coefficient (Wildman–Crippen LogP) is 11.3. The van der Waals surface area contributed by atoms with Crippen LogP contribution in [-0.2, 0) is 6.54 Å². The molecule has 5 aromatic carbocycles. The number of aromatic nitrogens is 2. The summed E-state index contributed by atoms with van der Waals surface area (Å²) in [7, 11) is 3.32. The van der Waals surface area contributed by atoms with Crippen LogP contribution in [0.5, 0.6) is 11.5 Å². The van der Waals surface area contributed by atoms with E-state index in [9.17, 15) is 9.90 Å². The molecule has 3 aromatic heterocycles. The van der Waals surface area contributed by atoms with Crippen molar-refractivity contribution in [1.29, 1.82) is 0 Å². The average molecular weight is 707 g/mol. The Hall–Kier alpha value is -5.89. The van der Waals surface area contributed by atoms with Crippen LogP contribution in [0.1, 0.15) is 15.2 Å². The third-order valence-electron chi connectivity index (χ3n) is 9.11. The number of carbonyl (C=O) groups is 1. The number of thiophene rings is 1. The molecule has 51 heavy (non-hydrogen) atoms. The fourth-order valence-corrected chi connectivity index (χ4v) is 7.88. The number of halogens is 1. The molecule has 0 aliphatic carbocycles. The van der Waals surface area contributed by atoms with E-state index in [-0.39, 0.29) is 0 Å². The second-order valence-corrected chi connectivity index (χ2v) is 13.7. The Bertz CT molecular complexity index is 2570. The molecule has 8 rings (SSSR count). The van der Waals surface area contributed by atoms with E-state index in [4.69, 9.17) is 26.1 Å². The van der Waals surface area contributed by atoms with Gasteiger partial charge in [0.05, 0.1) is 41.3 Å². The lowest BCUT2D eigenvalue weighted by Gasteiger charge is -2.15. The molecule has 0 unspecified atom stereocenters. The van der Waals surface area contributed by atoms with Gasteiger partial charge in [-0.2, -0.15) is 0 Å². The first-order valence-electron chi connectivity index (χ1n) is 16.3. The number of hydrogen-bond donors (Lipinski definition) is 1. The first kappa shape index (κ1) is 32.3. The van der Waals surface area contributed by atoms with Gasteiger partial charge in [-0.15, -0.1) is 11.3 Å². The van der Waals surface area contributed by atoms with Gasteiger partial charge in [0.2, 0.25) is 0 Å². The number of fused-ring (bicyclic) bond motifs is 2. The number of benzene rings is 5. The molecule has 1 N–H and O–H groups in total. The van der Waals surface area contributed by atoms with Gasteiger partial charge in [-0.05, 0) is 88.5 Å². The highest BCUT2D eigenvalue weighted by molar-refractivity contribution is 7.21. The number of hydrogen-bond acceptors (Lipinski definition) is 5. The molecule has 0 atom stereocenters. The van der Waals surface area contributed by atoms with Crippen LogP contribution < -0.4 is 9.47 Å². The Kier molecular flexibility index (Phi) is 8.52. The van der Waals surface area contributed by atoms with E-state index in [0.29, 0.717) is 16.4 Å². The van der Waals surface area contributed by atoms with E-state index >= 15 is 0 Å². The molecule has 6 nitrogen and oxygen atoms in total. The number of aromatic carboxylic acids is 1. The summed E-state index contributed by atoms with van der Waals surface area (Å²) >= 11 is 7.51. The molecule has 3 heterocycles. The van der Waals surface area contributed by atoms with Gasteiger partial charge in [0.15, 0.2) is 0 Å². The molecule has 0 amide bonds. The second-order valence-electron chi connectivity index (χ2n) is 12.2. The van der Waals surface area contributed by atoms with Crippen molar-refractivity contribution in [2.75, 3.05) is 14.2 Å². The number of carboxylic acids is 1. The summed E-state index contributed by atoms with van der Waals surface area (Å²) in [5, 5.41) is 11.7. The molecular weight excluding hydrogens is 676 g/mol. The fourth-order valence-electron chi connectivity index (χ4n) is 6.69. The van der Waals surface area contributed by atoms with Crippen molar-refractivity contribution in [2.24, 2.45) is 0 Å². The highest BCUT2D eigenvalue weighted by Crippen LogP contribution is 2.46. The van der Waals surface area contributed by atoms with Crippen LogP contribution >= 0.6 is 22.9 Å². The van der Waals surface area contributed by atoms with E-state index in [1.807, 2.05) is 78.9 Å². The van der Waals surface area contributed by atoms with E-state index in [1.165, 1.54) is 11.3 Å². The van der Waals surface area contributed by atoms with E-state index in [0.717, 1.165) is 83.0 Å². The van der Waals surface area contributed by atoms with Crippen molar-refractivity contribution in [3.63, 3.8) is 0 Å². The van der Waals surface area contributed by atoms with E-state index in [1.54, 1.807) is 20.3 Å². The molecule has 8 aromatic rings. The van der Waals surface area contributed by atoms with Gasteiger partial charge in [0.25, 0.3) is 0 Å². The molecule has 0 bridgehead atoms. The van der Waals surface area contributed by atoms with E-state index in [2.05, 4.69) is 53.1 Å². The maximum atomic E-state index is 12.2. The number of ether oxygens (including phenoxy) is 2. The molecule has 0 aliphatic heterocycles. The van der Waals surface area contributed by atoms with Gasteiger partial charge in [-0.25, -0.2) is 9.78 Å². The highest BCUT2D eigenvalue weighted by Gasteiger charge is 2.25. The summed E-state index contributed by atoms with van der Waals surface area (Å²) in [5.41, 5.74) is 10.6. The van der Waals surface area contributed by atoms with Crippen LogP contribution in [-0.4, -0.2) is 34.8 Å². The molecule has 0 fully saturated rings. The Morgan fingerprint density at radius 2 is 1.51 bits per heavy atom. The zero-order chi connectivity index (χ0) is 35.1. The maximum Gasteiger partial charge on any atom is 0.345 e. The molecular formula is C43H31ClN2O4S. The van der Waals surface area contributed by atoms with Gasteiger partial charge >= 0.3 is 5.97 Å². The lowest BCUT2D eigenvalue weighted by molar-refractivity contribution is 0.0702. The van der Waals surface area contributed by atoms with Crippen LogP contribution in [0, 0.1) is 0 Å². The standard InChI is InChI=1S/C43H31ClN2O4S/c1-49-32-10-6-7-26(21-32)25-46-38-24-39(43(47)48)51-42(38)40(28-8-4-3-5-9-28)41(46)30-14-19-36-29(22-30)13-20-37(45-36)35-23-33(50-2)17-18-34(35)27-11-15-31(44)16-12-27/h3-24H,25H2,1-2H3,(H,47,48). The number of pyridine rings is 1. The Labute approximate surface area is 303 Å². The SMILES string of the molecule is COc1cccc(Cn2c(-c3ccc4nc(-c5cc(OC)ccc5-c5ccc(Cl)cc5)ccc4c3)c(-c3ccccc3)c3sc(C(=O)O)cc32)c1. The van der Waals surface area contributed by atoms with Crippen LogP contribution in [0.15, 0.2) is 133 Å². The van der Waals surface area contributed by atoms with Crippen molar-refractivity contribution >= 4 is 50.0 Å². The largest absolute Gasteiger partial charge is 0.497 e. The topological polar surface area (TPSA) is 73.6 Å². The van der Waals surface area contributed by atoms with E-state index < -0.39 is 5.97 Å². The molecule has 250 valence electrons. The van der Waals surface area contributed by atoms with Gasteiger partial charge in [0.1, 0.15) is 16.4 Å². The summed E-state index contributed by atoms with van der Waals surface area (Å²) in [6.07, 6.45) is 0. The number of carboxylic acid groups (broad SMARTS) is 1. The minimum absolute atomic E-state index is 0.300. The average Bonchev–Trinajstić information content (AvgIpc) is 3.73. The minimum Gasteiger partial charge on any atom is -0.497 e. The number of rotatable bonds is 9. The second kappa shape index (κ2) is 13.4. The minimum atomic E-state index is -0.937. The predicted molar refractivity (Wildman–Crippen MR) is 207 cm³/mol. The summed E-state index contributed by atoms with van der Waals surface area (Å²) < 4.78 is 14.3. The molecule has 0 aliphatic rings. The molecule has 0 spiro atoms. The van der Waals surface area contributed by atoms with Crippen molar-refractivity contribution < 1.29 is 19.4 Å². The monoisotopic (exact) mass is 706 g/mol. The van der Waals surface area contributed by atoms with Crippen molar-refractivity contribution in [3.8, 4) is 56.3 Å².